The van der Waals surface area contributed by atoms with Crippen LogP contribution in [0, 0.1) is 5.41 Å². The van der Waals surface area contributed by atoms with Crippen molar-refractivity contribution in [3.8, 4) is 0 Å². The van der Waals surface area contributed by atoms with Crippen molar-refractivity contribution < 1.29 is 9.53 Å². The third kappa shape index (κ3) is 2.21. The monoisotopic (exact) mass is 304 g/mol. The Kier molecular flexibility index (Phi) is 3.42. The smallest absolute Gasteiger partial charge is 0.263 e. The summed E-state index contributed by atoms with van der Waals surface area (Å²) in [5.74, 6) is -0.0821. The van der Waals surface area contributed by atoms with Crippen LogP contribution in [0.15, 0.2) is 24.3 Å². The highest BCUT2D eigenvalue weighted by Gasteiger charge is 2.49. The Morgan fingerprint density at radius 3 is 2.76 bits per heavy atom. The van der Waals surface area contributed by atoms with Gasteiger partial charge in [0.2, 0.25) is 0 Å². The lowest BCUT2D eigenvalue weighted by atomic mass is 9.64. The van der Waals surface area contributed by atoms with Crippen molar-refractivity contribution in [2.24, 2.45) is 5.41 Å². The molecule has 4 nitrogen and oxygen atoms in total. The fourth-order valence-corrected chi connectivity index (χ4v) is 4.01. The molecule has 1 aromatic carbocycles. The van der Waals surface area contributed by atoms with E-state index in [1.54, 1.807) is 7.11 Å². The van der Waals surface area contributed by atoms with Gasteiger partial charge in [0.25, 0.3) is 5.91 Å². The van der Waals surface area contributed by atoms with E-state index in [9.17, 15) is 4.79 Å². The first-order chi connectivity index (χ1) is 9.95. The number of hydrogen-bond donors (Lipinski definition) is 2. The van der Waals surface area contributed by atoms with Gasteiger partial charge in [-0.05, 0) is 12.5 Å². The molecule has 0 saturated heterocycles. The van der Waals surface area contributed by atoms with Crippen LogP contribution < -0.4 is 11.1 Å². The van der Waals surface area contributed by atoms with Gasteiger partial charge in [0.1, 0.15) is 4.88 Å². The third-order valence-corrected chi connectivity index (χ3v) is 5.79. The molecule has 0 aliphatic heterocycles. The average Bonchev–Trinajstić information content (AvgIpc) is 2.80. The van der Waals surface area contributed by atoms with Gasteiger partial charge in [-0.3, -0.25) is 4.79 Å². The van der Waals surface area contributed by atoms with Crippen LogP contribution >= 0.6 is 11.3 Å². The van der Waals surface area contributed by atoms with Gasteiger partial charge in [0.15, 0.2) is 0 Å². The van der Waals surface area contributed by atoms with Gasteiger partial charge in [0.05, 0.1) is 11.8 Å². The van der Waals surface area contributed by atoms with E-state index in [1.807, 2.05) is 24.3 Å². The molecule has 2 atom stereocenters. The van der Waals surface area contributed by atoms with Crippen LogP contribution in [0.1, 0.15) is 29.9 Å². The molecular formula is C16H20N2O2S. The maximum atomic E-state index is 12.5. The Labute approximate surface area is 128 Å². The number of amides is 1. The van der Waals surface area contributed by atoms with Crippen molar-refractivity contribution in [2.75, 3.05) is 12.8 Å². The van der Waals surface area contributed by atoms with Gasteiger partial charge in [0, 0.05) is 28.7 Å². The fourth-order valence-electron chi connectivity index (χ4n) is 2.99. The lowest BCUT2D eigenvalue weighted by molar-refractivity contribution is -0.0942. The van der Waals surface area contributed by atoms with Gasteiger partial charge in [-0.25, -0.2) is 0 Å². The van der Waals surface area contributed by atoms with Crippen LogP contribution in [0.3, 0.4) is 0 Å². The Morgan fingerprint density at radius 2 is 2.14 bits per heavy atom. The first-order valence-electron chi connectivity index (χ1n) is 7.05. The van der Waals surface area contributed by atoms with E-state index < -0.39 is 0 Å². The number of methoxy groups -OCH3 is 1. The van der Waals surface area contributed by atoms with Crippen LogP contribution in [0.4, 0.5) is 5.69 Å². The van der Waals surface area contributed by atoms with E-state index in [0.717, 1.165) is 16.5 Å². The van der Waals surface area contributed by atoms with Crippen LogP contribution in [0.5, 0.6) is 0 Å². The highest BCUT2D eigenvalue weighted by atomic mass is 32.1. The predicted molar refractivity (Wildman–Crippen MR) is 86.7 cm³/mol. The minimum atomic E-state index is -0.0821. The summed E-state index contributed by atoms with van der Waals surface area (Å²) in [6.45, 7) is 4.23. The molecule has 1 aromatic heterocycles. The highest BCUT2D eigenvalue weighted by molar-refractivity contribution is 7.21. The molecule has 3 N–H and O–H groups in total. The normalized spacial score (nSPS) is 23.8. The molecular weight excluding hydrogens is 284 g/mol. The van der Waals surface area contributed by atoms with Crippen LogP contribution in [0.2, 0.25) is 0 Å². The van der Waals surface area contributed by atoms with Gasteiger partial charge >= 0.3 is 0 Å². The number of nitrogens with one attached hydrogen (secondary N) is 1. The van der Waals surface area contributed by atoms with Gasteiger partial charge in [-0.2, -0.15) is 0 Å². The standard InChI is InChI=1S/C16H20N2O2S/c1-16(2)11(8-12(16)20-3)18-15(19)14-13(17)9-6-4-5-7-10(9)21-14/h4-7,11-12H,8,17H2,1-3H3,(H,18,19). The molecule has 2 aromatic rings. The van der Waals surface area contributed by atoms with E-state index in [0.29, 0.717) is 10.6 Å². The number of nitrogen functional groups attached to an aromatic ring is 1. The highest BCUT2D eigenvalue weighted by Crippen LogP contribution is 2.43. The summed E-state index contributed by atoms with van der Waals surface area (Å²) in [6, 6.07) is 7.96. The van der Waals surface area contributed by atoms with Crippen LogP contribution in [-0.2, 0) is 4.74 Å². The summed E-state index contributed by atoms with van der Waals surface area (Å²) in [4.78, 5) is 13.1. The molecule has 1 fully saturated rings. The summed E-state index contributed by atoms with van der Waals surface area (Å²) in [6.07, 6.45) is 1.04. The number of carbonyl (C=O) groups is 1. The number of benzene rings is 1. The molecule has 1 aliphatic rings. The number of thiophene rings is 1. The summed E-state index contributed by atoms with van der Waals surface area (Å²) >= 11 is 1.45. The molecule has 1 saturated carbocycles. The lowest BCUT2D eigenvalue weighted by Crippen LogP contribution is -2.61. The predicted octanol–water partition coefficient (Wildman–Crippen LogP) is 3.03. The zero-order valence-corrected chi connectivity index (χ0v) is 13.3. The van der Waals surface area contributed by atoms with Crippen molar-refractivity contribution >= 4 is 33.0 Å². The Morgan fingerprint density at radius 1 is 1.43 bits per heavy atom. The van der Waals surface area contributed by atoms with E-state index in [-0.39, 0.29) is 23.5 Å². The quantitative estimate of drug-likeness (QED) is 0.916. The molecule has 0 spiro atoms. The summed E-state index contributed by atoms with van der Waals surface area (Å²) in [7, 11) is 1.72. The minimum Gasteiger partial charge on any atom is -0.397 e. The lowest BCUT2D eigenvalue weighted by Gasteiger charge is -2.51. The molecule has 0 radical (unpaired) electrons. The van der Waals surface area contributed by atoms with Crippen molar-refractivity contribution in [3.05, 3.63) is 29.1 Å². The molecule has 0 bridgehead atoms. The van der Waals surface area contributed by atoms with Gasteiger partial charge in [-0.15, -0.1) is 11.3 Å². The number of ether oxygens (including phenoxy) is 1. The topological polar surface area (TPSA) is 64.3 Å². The summed E-state index contributed by atoms with van der Waals surface area (Å²) in [5.41, 5.74) is 6.65. The molecule has 1 heterocycles. The fraction of sp³-hybridized carbons (Fsp3) is 0.438. The van der Waals surface area contributed by atoms with E-state index in [4.69, 9.17) is 10.5 Å². The molecule has 1 amide bonds. The van der Waals surface area contributed by atoms with Gasteiger partial charge in [-0.1, -0.05) is 32.0 Å². The SMILES string of the molecule is COC1CC(NC(=O)c2sc3ccccc3c2N)C1(C)C. The second-order valence-electron chi connectivity index (χ2n) is 6.15. The number of fused-ring (bicyclic) bond motifs is 1. The second kappa shape index (κ2) is 5.00. The third-order valence-electron chi connectivity index (χ3n) is 4.61. The molecule has 5 heteroatoms. The molecule has 21 heavy (non-hydrogen) atoms. The first kappa shape index (κ1) is 14.4. The van der Waals surface area contributed by atoms with Gasteiger partial charge < -0.3 is 15.8 Å². The van der Waals surface area contributed by atoms with Crippen molar-refractivity contribution in [1.82, 2.24) is 5.32 Å². The molecule has 112 valence electrons. The molecule has 1 aliphatic carbocycles. The molecule has 2 unspecified atom stereocenters. The average molecular weight is 304 g/mol. The maximum absolute atomic E-state index is 12.5. The number of hydrogen-bond acceptors (Lipinski definition) is 4. The first-order valence-corrected chi connectivity index (χ1v) is 7.87. The largest absolute Gasteiger partial charge is 0.397 e. The second-order valence-corrected chi connectivity index (χ2v) is 7.20. The van der Waals surface area contributed by atoms with Crippen LogP contribution in [0.25, 0.3) is 10.1 Å². The number of anilines is 1. The van der Waals surface area contributed by atoms with Crippen molar-refractivity contribution in [3.63, 3.8) is 0 Å². The number of nitrogens with two attached hydrogens (primary N) is 1. The summed E-state index contributed by atoms with van der Waals surface area (Å²) in [5, 5.41) is 4.05. The van der Waals surface area contributed by atoms with Crippen molar-refractivity contribution in [2.45, 2.75) is 32.4 Å². The number of rotatable bonds is 3. The maximum Gasteiger partial charge on any atom is 0.263 e. The van der Waals surface area contributed by atoms with Crippen molar-refractivity contribution in [1.29, 1.82) is 0 Å². The summed E-state index contributed by atoms with van der Waals surface area (Å²) < 4.78 is 6.46. The molecule has 3 rings (SSSR count). The Balaban J connectivity index is 1.81. The van der Waals surface area contributed by atoms with Crippen LogP contribution in [-0.4, -0.2) is 25.2 Å². The Hall–Kier alpha value is -1.59. The number of carbonyl (C=O) groups excluding carboxylic acids is 1. The van der Waals surface area contributed by atoms with E-state index >= 15 is 0 Å². The minimum absolute atomic E-state index is 0.0458. The Bertz CT molecular complexity index is 693. The van der Waals surface area contributed by atoms with E-state index in [1.165, 1.54) is 11.3 Å². The van der Waals surface area contributed by atoms with E-state index in [2.05, 4.69) is 19.2 Å². The zero-order chi connectivity index (χ0) is 15.2. The zero-order valence-electron chi connectivity index (χ0n) is 12.5.